The molecule has 3 heterocycles. The number of rotatable bonds is 23. The van der Waals surface area contributed by atoms with Crippen molar-refractivity contribution in [2.45, 2.75) is 97.2 Å². The molecule has 1 fully saturated rings. The Bertz CT molecular complexity index is 1590. The van der Waals surface area contributed by atoms with Gasteiger partial charge in [0, 0.05) is 77.9 Å². The molecule has 8 N–H and O–H groups in total. The molecule has 1 aliphatic rings. The molecule has 14 heteroatoms. The average molecular weight is 721 g/mol. The van der Waals surface area contributed by atoms with E-state index in [1.165, 1.54) is 29.5 Å². The van der Waals surface area contributed by atoms with Crippen LogP contribution in [-0.4, -0.2) is 106 Å². The minimum absolute atomic E-state index is 0.0259. The summed E-state index contributed by atoms with van der Waals surface area (Å²) >= 11 is 0. The molecular formula is C38H60N10O4. The number of benzene rings is 1. The lowest BCUT2D eigenvalue weighted by molar-refractivity contribution is -0.138. The molecule has 14 nitrogen and oxygen atoms in total. The minimum atomic E-state index is -1.01. The van der Waals surface area contributed by atoms with Crippen molar-refractivity contribution in [2.75, 3.05) is 63.4 Å². The molecule has 1 aromatic carbocycles. The lowest BCUT2D eigenvalue weighted by Crippen LogP contribution is -2.46. The van der Waals surface area contributed by atoms with Gasteiger partial charge in [0.25, 0.3) is 0 Å². The SMILES string of the molecule is CCCCCNc1nc(N)nc2ccn(Cc3ccc(CN4CCN(CCCNC(=O)CCCC(=O)NCCCC[C@H](N)C(=O)O)CC4)cc3C)c12. The van der Waals surface area contributed by atoms with Gasteiger partial charge in [0.15, 0.2) is 5.82 Å². The molecule has 0 saturated carbocycles. The third kappa shape index (κ3) is 13.4. The highest BCUT2D eigenvalue weighted by Crippen LogP contribution is 2.25. The lowest BCUT2D eigenvalue weighted by Gasteiger charge is -2.34. The van der Waals surface area contributed by atoms with E-state index in [1.54, 1.807) is 0 Å². The van der Waals surface area contributed by atoms with Crippen molar-refractivity contribution in [3.8, 4) is 0 Å². The van der Waals surface area contributed by atoms with Crippen LogP contribution < -0.4 is 27.4 Å². The average Bonchev–Trinajstić information content (AvgIpc) is 3.52. The molecule has 1 atom stereocenters. The van der Waals surface area contributed by atoms with E-state index in [0.717, 1.165) is 82.1 Å². The van der Waals surface area contributed by atoms with E-state index in [9.17, 15) is 14.4 Å². The number of nitrogens with two attached hydrogens (primary N) is 2. The zero-order valence-corrected chi connectivity index (χ0v) is 31.2. The van der Waals surface area contributed by atoms with Crippen LogP contribution in [0, 0.1) is 6.92 Å². The lowest BCUT2D eigenvalue weighted by atomic mass is 10.0. The molecule has 286 valence electrons. The summed E-state index contributed by atoms with van der Waals surface area (Å²) < 4.78 is 2.21. The third-order valence-corrected chi connectivity index (χ3v) is 9.68. The molecule has 4 rings (SSSR count). The first-order chi connectivity index (χ1) is 25.1. The molecule has 2 amide bonds. The van der Waals surface area contributed by atoms with Crippen LogP contribution in [0.2, 0.25) is 0 Å². The second-order valence-electron chi connectivity index (χ2n) is 14.0. The summed E-state index contributed by atoms with van der Waals surface area (Å²) in [7, 11) is 0. The fourth-order valence-electron chi connectivity index (χ4n) is 6.57. The molecule has 1 saturated heterocycles. The van der Waals surface area contributed by atoms with Gasteiger partial charge in [0.1, 0.15) is 11.6 Å². The number of amides is 2. The summed E-state index contributed by atoms with van der Waals surface area (Å²) in [6, 6.07) is 7.95. The molecule has 2 aromatic heterocycles. The number of carbonyl (C=O) groups excluding carboxylic acids is 2. The van der Waals surface area contributed by atoms with E-state index >= 15 is 0 Å². The Hall–Kier alpha value is -4.27. The van der Waals surface area contributed by atoms with Crippen molar-refractivity contribution in [3.63, 3.8) is 0 Å². The molecule has 0 unspecified atom stereocenters. The van der Waals surface area contributed by atoms with Gasteiger partial charge in [-0.2, -0.15) is 4.98 Å². The predicted molar refractivity (Wildman–Crippen MR) is 206 cm³/mol. The Morgan fingerprint density at radius 3 is 2.25 bits per heavy atom. The molecule has 0 aliphatic carbocycles. The number of unbranched alkanes of at least 4 members (excludes halogenated alkanes) is 3. The second-order valence-corrected chi connectivity index (χ2v) is 14.0. The highest BCUT2D eigenvalue weighted by atomic mass is 16.4. The van der Waals surface area contributed by atoms with Crippen LogP contribution in [0.25, 0.3) is 11.0 Å². The van der Waals surface area contributed by atoms with Crippen LogP contribution >= 0.6 is 0 Å². The molecule has 52 heavy (non-hydrogen) atoms. The Morgan fingerprint density at radius 2 is 1.56 bits per heavy atom. The predicted octanol–water partition coefficient (Wildman–Crippen LogP) is 3.46. The zero-order valence-electron chi connectivity index (χ0n) is 31.2. The standard InChI is InChI=1S/C38H60N10O4/c1-3-4-6-17-43-36-35-32(44-38(40)45-36)15-20-48(35)27-30-14-13-29(25-28(30)2)26-47-23-21-46(22-24-47)19-9-18-42-34(50)12-8-11-33(49)41-16-7-5-10-31(39)37(51)52/h13-15,20,25,31H,3-12,16-19,21-24,26-27,39H2,1-2H3,(H,41,49)(H,42,50)(H,51,52)(H3,40,43,44,45)/t31-/m0/s1. The Morgan fingerprint density at radius 1 is 0.865 bits per heavy atom. The number of carbonyl (C=O) groups is 3. The van der Waals surface area contributed by atoms with Crippen LogP contribution in [0.4, 0.5) is 11.8 Å². The van der Waals surface area contributed by atoms with E-state index in [0.29, 0.717) is 51.6 Å². The summed E-state index contributed by atoms with van der Waals surface area (Å²) in [6.45, 7) is 13.0. The highest BCUT2D eigenvalue weighted by Gasteiger charge is 2.18. The maximum atomic E-state index is 12.2. The normalized spacial score (nSPS) is 14.4. The number of aromatic nitrogens is 3. The van der Waals surface area contributed by atoms with Gasteiger partial charge in [0.2, 0.25) is 17.8 Å². The zero-order chi connectivity index (χ0) is 37.3. The maximum Gasteiger partial charge on any atom is 0.320 e. The van der Waals surface area contributed by atoms with Crippen LogP contribution in [-0.2, 0) is 27.5 Å². The van der Waals surface area contributed by atoms with E-state index in [1.807, 2.05) is 6.07 Å². The van der Waals surface area contributed by atoms with Crippen LogP contribution in [0.15, 0.2) is 30.5 Å². The third-order valence-electron chi connectivity index (χ3n) is 9.68. The number of hydrogen-bond donors (Lipinski definition) is 6. The highest BCUT2D eigenvalue weighted by molar-refractivity contribution is 5.87. The van der Waals surface area contributed by atoms with Crippen LogP contribution in [0.5, 0.6) is 0 Å². The summed E-state index contributed by atoms with van der Waals surface area (Å²) in [6.07, 6.45) is 9.22. The number of carboxylic acids is 1. The molecule has 1 aliphatic heterocycles. The number of carboxylic acid groups (broad SMARTS) is 1. The monoisotopic (exact) mass is 720 g/mol. The van der Waals surface area contributed by atoms with Crippen molar-refractivity contribution < 1.29 is 19.5 Å². The summed E-state index contributed by atoms with van der Waals surface area (Å²) in [5.41, 5.74) is 17.2. The van der Waals surface area contributed by atoms with Crippen molar-refractivity contribution in [1.82, 2.24) is 35.0 Å². The van der Waals surface area contributed by atoms with Gasteiger partial charge < -0.3 is 42.0 Å². The van der Waals surface area contributed by atoms with Gasteiger partial charge in [-0.15, -0.1) is 0 Å². The van der Waals surface area contributed by atoms with Gasteiger partial charge in [-0.1, -0.05) is 38.0 Å². The molecule has 0 bridgehead atoms. The van der Waals surface area contributed by atoms with E-state index in [-0.39, 0.29) is 17.8 Å². The fourth-order valence-corrected chi connectivity index (χ4v) is 6.57. The van der Waals surface area contributed by atoms with Crippen LogP contribution in [0.3, 0.4) is 0 Å². The number of aliphatic carboxylic acids is 1. The van der Waals surface area contributed by atoms with Gasteiger partial charge in [-0.05, 0) is 74.8 Å². The second kappa shape index (κ2) is 21.3. The van der Waals surface area contributed by atoms with Crippen molar-refractivity contribution in [2.24, 2.45) is 5.73 Å². The topological polar surface area (TPSA) is 197 Å². The number of fused-ring (bicyclic) bond motifs is 1. The Labute approximate surface area is 308 Å². The number of nitrogen functional groups attached to an aromatic ring is 1. The number of aryl methyl sites for hydroxylation is 1. The summed E-state index contributed by atoms with van der Waals surface area (Å²) in [4.78, 5) is 48.9. The number of anilines is 2. The molecular weight excluding hydrogens is 660 g/mol. The smallest absolute Gasteiger partial charge is 0.320 e. The molecule has 0 radical (unpaired) electrons. The largest absolute Gasteiger partial charge is 0.480 e. The van der Waals surface area contributed by atoms with E-state index in [4.69, 9.17) is 16.6 Å². The first-order valence-electron chi connectivity index (χ1n) is 19.0. The van der Waals surface area contributed by atoms with Gasteiger partial charge in [0.05, 0.1) is 5.52 Å². The van der Waals surface area contributed by atoms with E-state index < -0.39 is 12.0 Å². The fraction of sp³-hybridized carbons (Fsp3) is 0.605. The van der Waals surface area contributed by atoms with Crippen LogP contribution in [0.1, 0.15) is 87.8 Å². The molecule has 3 aromatic rings. The number of nitrogens with one attached hydrogen (secondary N) is 3. The minimum Gasteiger partial charge on any atom is -0.480 e. The van der Waals surface area contributed by atoms with Crippen molar-refractivity contribution in [3.05, 3.63) is 47.2 Å². The maximum absolute atomic E-state index is 12.2. The summed E-state index contributed by atoms with van der Waals surface area (Å²) in [5.74, 6) is -0.0428. The Kier molecular flexibility index (Phi) is 16.6. The van der Waals surface area contributed by atoms with Crippen molar-refractivity contribution in [1.29, 1.82) is 0 Å². The van der Waals surface area contributed by atoms with E-state index in [2.05, 4.69) is 78.5 Å². The van der Waals surface area contributed by atoms with Gasteiger partial charge in [-0.25, -0.2) is 4.98 Å². The van der Waals surface area contributed by atoms with Gasteiger partial charge >= 0.3 is 5.97 Å². The number of hydrogen-bond acceptors (Lipinski definition) is 10. The molecule has 0 spiro atoms. The quantitative estimate of drug-likeness (QED) is 0.0785. The van der Waals surface area contributed by atoms with Crippen molar-refractivity contribution >= 4 is 40.6 Å². The number of piperazine rings is 1. The first-order valence-corrected chi connectivity index (χ1v) is 19.0. The number of nitrogens with zero attached hydrogens (tertiary/aromatic N) is 5. The van der Waals surface area contributed by atoms with Gasteiger partial charge in [-0.3, -0.25) is 19.3 Å². The first kappa shape index (κ1) is 40.5. The Balaban J connectivity index is 1.10. The summed E-state index contributed by atoms with van der Waals surface area (Å²) in [5, 5.41) is 18.1.